The van der Waals surface area contributed by atoms with Crippen molar-refractivity contribution in [3.8, 4) is 17.0 Å². The first-order valence-electron chi connectivity index (χ1n) is 12.7. The normalized spacial score (nSPS) is 14.4. The second-order valence-corrected chi connectivity index (χ2v) is 11.3. The van der Waals surface area contributed by atoms with Gasteiger partial charge in [0, 0.05) is 36.6 Å². The molecule has 3 heterocycles. The molecule has 216 valence electrons. The highest BCUT2D eigenvalue weighted by molar-refractivity contribution is 8.12. The number of halogens is 3. The molecular weight excluding hydrogens is 547 g/mol. The molecule has 10 nitrogen and oxygen atoms in total. The number of hydrogen-bond acceptors (Lipinski definition) is 7. The van der Waals surface area contributed by atoms with E-state index in [-0.39, 0.29) is 12.0 Å². The van der Waals surface area contributed by atoms with Crippen molar-refractivity contribution in [2.45, 2.75) is 38.9 Å². The summed E-state index contributed by atoms with van der Waals surface area (Å²) < 4.78 is 50.6. The van der Waals surface area contributed by atoms with Gasteiger partial charge in [-0.05, 0) is 68.7 Å². The third-order valence-electron chi connectivity index (χ3n) is 6.25. The molecule has 0 bridgehead atoms. The lowest BCUT2D eigenvalue weighted by atomic mass is 10.2. The van der Waals surface area contributed by atoms with Gasteiger partial charge in [-0.2, -0.15) is 18.3 Å². The first kappa shape index (κ1) is 29.2. The van der Waals surface area contributed by atoms with E-state index in [1.165, 1.54) is 23.3 Å². The average Bonchev–Trinajstić information content (AvgIpc) is 3.43. The van der Waals surface area contributed by atoms with E-state index in [0.29, 0.717) is 36.2 Å². The number of hydrogen-bond donors (Lipinski definition) is 4. The number of nitrogens with zero attached hydrogens (tertiary/aromatic N) is 5. The van der Waals surface area contributed by atoms with Gasteiger partial charge < -0.3 is 20.3 Å². The zero-order valence-electron chi connectivity index (χ0n) is 22.1. The molecule has 14 heteroatoms. The van der Waals surface area contributed by atoms with Crippen molar-refractivity contribution in [1.29, 1.82) is 0 Å². The van der Waals surface area contributed by atoms with E-state index in [2.05, 4.69) is 26.6 Å². The quantitative estimate of drug-likeness (QED) is 0.152. The second kappa shape index (κ2) is 12.6. The van der Waals surface area contributed by atoms with Gasteiger partial charge in [0.2, 0.25) is 0 Å². The van der Waals surface area contributed by atoms with E-state index in [1.807, 2.05) is 25.1 Å². The molecule has 40 heavy (non-hydrogen) atoms. The van der Waals surface area contributed by atoms with Crippen LogP contribution in [0.5, 0.6) is 5.75 Å². The van der Waals surface area contributed by atoms with Gasteiger partial charge in [0.25, 0.3) is 6.47 Å². The summed E-state index contributed by atoms with van der Waals surface area (Å²) in [5.74, 6) is 2.58. The van der Waals surface area contributed by atoms with Gasteiger partial charge in [0.1, 0.15) is 5.75 Å². The van der Waals surface area contributed by atoms with E-state index in [4.69, 9.17) is 19.8 Å². The average molecular weight is 580 g/mol. The Hall–Kier alpha value is -3.78. The number of aryl methyl sites for hydroxylation is 1. The van der Waals surface area contributed by atoms with Gasteiger partial charge in [-0.15, -0.1) is 11.2 Å². The lowest BCUT2D eigenvalue weighted by molar-refractivity contribution is -0.141. The minimum atomic E-state index is -4.58. The summed E-state index contributed by atoms with van der Waals surface area (Å²) in [6, 6.07) is 5.73. The molecule has 1 fully saturated rings. The Bertz CT molecular complexity index is 1450. The Labute approximate surface area is 231 Å². The number of rotatable bonds is 10. The topological polar surface area (TPSA) is 133 Å². The number of anilines is 2. The van der Waals surface area contributed by atoms with Gasteiger partial charge in [-0.1, -0.05) is 0 Å². The third-order valence-corrected chi connectivity index (χ3v) is 7.70. The van der Waals surface area contributed by atoms with Crippen LogP contribution in [0.1, 0.15) is 30.5 Å². The Kier molecular flexibility index (Phi) is 9.20. The summed E-state index contributed by atoms with van der Waals surface area (Å²) in [6.45, 7) is 2.85. The van der Waals surface area contributed by atoms with Crippen LogP contribution in [0.15, 0.2) is 43.0 Å². The zero-order valence-corrected chi connectivity index (χ0v) is 23.0. The summed E-state index contributed by atoms with van der Waals surface area (Å²) in [4.78, 5) is 17.2. The SMILES string of the molecule is Cc1cc(Nc2nccn3c(-c4cn(CC5CC5)nc4C(F)(F)F)cnc23)ccc1O[SH](C)CCCN.O=CO. The fourth-order valence-corrected chi connectivity index (χ4v) is 5.44. The smallest absolute Gasteiger partial charge is 0.435 e. The zero-order chi connectivity index (χ0) is 28.9. The molecule has 1 atom stereocenters. The minimum Gasteiger partial charge on any atom is -0.483 e. The molecular formula is C26H32F3N7O3S. The third kappa shape index (κ3) is 7.04. The fourth-order valence-electron chi connectivity index (χ4n) is 4.18. The van der Waals surface area contributed by atoms with E-state index in [0.717, 1.165) is 42.0 Å². The van der Waals surface area contributed by atoms with E-state index in [9.17, 15) is 13.2 Å². The van der Waals surface area contributed by atoms with Crippen molar-refractivity contribution < 1.29 is 27.3 Å². The van der Waals surface area contributed by atoms with Crippen LogP contribution in [0.3, 0.4) is 0 Å². The number of nitrogens with two attached hydrogens (primary N) is 1. The van der Waals surface area contributed by atoms with Crippen LogP contribution in [0.4, 0.5) is 24.7 Å². The first-order chi connectivity index (χ1) is 19.1. The molecule has 0 spiro atoms. The van der Waals surface area contributed by atoms with E-state index >= 15 is 0 Å². The van der Waals surface area contributed by atoms with Crippen LogP contribution in [0, 0.1) is 12.8 Å². The molecule has 1 unspecified atom stereocenters. The maximum absolute atomic E-state index is 13.8. The number of nitrogens with one attached hydrogen (secondary N) is 1. The maximum Gasteiger partial charge on any atom is 0.435 e. The van der Waals surface area contributed by atoms with Crippen molar-refractivity contribution in [3.63, 3.8) is 0 Å². The highest BCUT2D eigenvalue weighted by Gasteiger charge is 2.39. The highest BCUT2D eigenvalue weighted by Crippen LogP contribution is 2.38. The van der Waals surface area contributed by atoms with Crippen LogP contribution in [-0.4, -0.2) is 54.3 Å². The number of carboxylic acid groups (broad SMARTS) is 1. The number of fused-ring (bicyclic) bond motifs is 1. The number of benzene rings is 1. The summed E-state index contributed by atoms with van der Waals surface area (Å²) >= 11 is -0.604. The molecule has 4 N–H and O–H groups in total. The Morgan fingerprint density at radius 1 is 1.30 bits per heavy atom. The monoisotopic (exact) mass is 579 g/mol. The minimum absolute atomic E-state index is 0.000783. The summed E-state index contributed by atoms with van der Waals surface area (Å²) in [5, 5.41) is 14.0. The number of alkyl halides is 3. The number of imidazole rings is 1. The van der Waals surface area contributed by atoms with Crippen molar-refractivity contribution in [2.75, 3.05) is 23.9 Å². The number of aromatic nitrogens is 5. The van der Waals surface area contributed by atoms with Crippen LogP contribution >= 0.6 is 11.2 Å². The van der Waals surface area contributed by atoms with Crippen LogP contribution in [-0.2, 0) is 17.5 Å². The van der Waals surface area contributed by atoms with E-state index in [1.54, 1.807) is 10.6 Å². The molecule has 0 aliphatic heterocycles. The highest BCUT2D eigenvalue weighted by atomic mass is 32.2. The van der Waals surface area contributed by atoms with Crippen LogP contribution < -0.4 is 15.2 Å². The standard InChI is InChI=1S/C25H30F3N7OS.CH2O2/c1-16-12-18(6-7-21(16)36-37(2)11-3-8-29)32-23-24-31-13-20(35(24)10-9-30-23)19-15-34(14-17-4-5-17)33-22(19)25(26,27)28;2-1-3/h6-7,9-10,12-13,15,17,37H,3-5,8,11,14,29H2,1-2H3,(H,30,32);1H,(H,2,3). The number of thiol groups is 1. The molecule has 0 radical (unpaired) electrons. The lowest BCUT2D eigenvalue weighted by Crippen LogP contribution is -2.10. The van der Waals surface area contributed by atoms with Crippen LogP contribution in [0.2, 0.25) is 0 Å². The van der Waals surface area contributed by atoms with Crippen molar-refractivity contribution in [3.05, 3.63) is 54.2 Å². The number of carbonyl (C=O) groups is 1. The fraction of sp³-hybridized carbons (Fsp3) is 0.385. The van der Waals surface area contributed by atoms with Gasteiger partial charge >= 0.3 is 6.18 Å². The Morgan fingerprint density at radius 2 is 2.05 bits per heavy atom. The first-order valence-corrected chi connectivity index (χ1v) is 14.6. The van der Waals surface area contributed by atoms with Crippen molar-refractivity contribution in [2.24, 2.45) is 11.7 Å². The Morgan fingerprint density at radius 3 is 2.70 bits per heavy atom. The van der Waals surface area contributed by atoms with Crippen LogP contribution in [0.25, 0.3) is 16.9 Å². The predicted octanol–water partition coefficient (Wildman–Crippen LogP) is 5.05. The molecule has 5 rings (SSSR count). The molecule has 1 aliphatic rings. The summed E-state index contributed by atoms with van der Waals surface area (Å²) in [7, 11) is 0. The van der Waals surface area contributed by atoms with E-state index < -0.39 is 23.0 Å². The van der Waals surface area contributed by atoms with Crippen molar-refractivity contribution >= 4 is 34.8 Å². The molecule has 3 aromatic heterocycles. The predicted molar refractivity (Wildman–Crippen MR) is 149 cm³/mol. The van der Waals surface area contributed by atoms with Crippen molar-refractivity contribution in [1.82, 2.24) is 24.1 Å². The van der Waals surface area contributed by atoms with Gasteiger partial charge in [-0.25, -0.2) is 9.97 Å². The largest absolute Gasteiger partial charge is 0.483 e. The molecule has 1 saturated carbocycles. The molecule has 4 aromatic rings. The summed E-state index contributed by atoms with van der Waals surface area (Å²) in [6.07, 6.45) is 6.52. The second-order valence-electron chi connectivity index (χ2n) is 9.46. The molecule has 0 saturated heterocycles. The lowest BCUT2D eigenvalue weighted by Gasteiger charge is -2.19. The van der Waals surface area contributed by atoms with Gasteiger partial charge in [0.05, 0.1) is 17.5 Å². The molecule has 1 aliphatic carbocycles. The Balaban J connectivity index is 0.00000118. The summed E-state index contributed by atoms with van der Waals surface area (Å²) in [5.41, 5.74) is 7.14. The van der Waals surface area contributed by atoms with Gasteiger partial charge in [0.15, 0.2) is 17.2 Å². The maximum atomic E-state index is 13.8. The molecule has 0 amide bonds. The molecule has 1 aromatic carbocycles. The van der Waals surface area contributed by atoms with Gasteiger partial charge in [-0.3, -0.25) is 13.9 Å².